The van der Waals surface area contributed by atoms with Crippen molar-refractivity contribution in [2.24, 2.45) is 0 Å². The van der Waals surface area contributed by atoms with E-state index < -0.39 is 0 Å². The van der Waals surface area contributed by atoms with Crippen LogP contribution in [0.4, 0.5) is 0 Å². The van der Waals surface area contributed by atoms with Crippen molar-refractivity contribution in [1.82, 2.24) is 5.32 Å². The summed E-state index contributed by atoms with van der Waals surface area (Å²) in [6, 6.07) is 0. The second kappa shape index (κ2) is 1.83. The van der Waals surface area contributed by atoms with Crippen molar-refractivity contribution in [2.75, 3.05) is 6.73 Å². The Hall–Kier alpha value is -1.03. The van der Waals surface area contributed by atoms with E-state index in [0.717, 1.165) is 0 Å². The van der Waals surface area contributed by atoms with Crippen LogP contribution in [0.3, 0.4) is 0 Å². The molecule has 0 bridgehead atoms. The third-order valence-electron chi connectivity index (χ3n) is 0.699. The molecule has 0 unspecified atom stereocenters. The number of hydrogen-bond acceptors (Lipinski definition) is 3. The fraction of sp³-hybridized carbons (Fsp3) is 0.250. The van der Waals surface area contributed by atoms with Crippen LogP contribution in [0.1, 0.15) is 0 Å². The largest absolute Gasteiger partial charge is 0.452 e. The molecule has 1 rings (SSSR count). The maximum absolute atomic E-state index is 10.3. The minimum atomic E-state index is -0.368. The van der Waals surface area contributed by atoms with Crippen molar-refractivity contribution < 1.29 is 14.6 Å². The first-order valence-corrected chi connectivity index (χ1v) is 2.10. The molecule has 4 heteroatoms. The van der Waals surface area contributed by atoms with E-state index in [9.17, 15) is 4.79 Å². The fourth-order valence-electron chi connectivity index (χ4n) is 0.295. The number of carbonyl (C=O) groups excluding carboxylic acids is 1. The zero-order valence-electron chi connectivity index (χ0n) is 4.05. The number of rotatable bonds is 2. The summed E-state index contributed by atoms with van der Waals surface area (Å²) in [6.45, 7) is -0.348. The SMILES string of the molecule is O=C(NCO)C1=CO1. The zero-order chi connectivity index (χ0) is 5.98. The van der Waals surface area contributed by atoms with Gasteiger partial charge in [-0.2, -0.15) is 0 Å². The number of aliphatic hydroxyl groups is 1. The lowest BCUT2D eigenvalue weighted by atomic mass is 10.6. The van der Waals surface area contributed by atoms with Crippen LogP contribution in [-0.2, 0) is 9.53 Å². The van der Waals surface area contributed by atoms with E-state index in [4.69, 9.17) is 5.11 Å². The summed E-state index contributed by atoms with van der Waals surface area (Å²) in [6.07, 6.45) is 1.31. The Kier molecular flexibility index (Phi) is 1.17. The highest BCUT2D eigenvalue weighted by molar-refractivity contribution is 5.93. The Morgan fingerprint density at radius 3 is 3.00 bits per heavy atom. The van der Waals surface area contributed by atoms with Crippen LogP contribution >= 0.6 is 0 Å². The molecule has 0 fully saturated rings. The maximum atomic E-state index is 10.3. The molecule has 0 saturated carbocycles. The summed E-state index contributed by atoms with van der Waals surface area (Å²) in [5.41, 5.74) is 0. The molecule has 1 aliphatic heterocycles. The van der Waals surface area contributed by atoms with Gasteiger partial charge in [0.25, 0.3) is 5.91 Å². The van der Waals surface area contributed by atoms with Gasteiger partial charge in [-0.3, -0.25) is 4.79 Å². The molecule has 1 aliphatic rings. The zero-order valence-corrected chi connectivity index (χ0v) is 4.05. The fourth-order valence-corrected chi connectivity index (χ4v) is 0.295. The molecule has 0 aromatic carbocycles. The molecule has 1 heterocycles. The molecule has 8 heavy (non-hydrogen) atoms. The van der Waals surface area contributed by atoms with Crippen molar-refractivity contribution in [3.05, 3.63) is 12.0 Å². The summed E-state index contributed by atoms with van der Waals surface area (Å²) in [5.74, 6) is -0.0912. The maximum Gasteiger partial charge on any atom is 0.292 e. The lowest BCUT2D eigenvalue weighted by Gasteiger charge is -1.90. The quantitative estimate of drug-likeness (QED) is 0.450. The molecule has 0 spiro atoms. The normalized spacial score (nSPS) is 13.9. The van der Waals surface area contributed by atoms with E-state index in [1.54, 1.807) is 0 Å². The third kappa shape index (κ3) is 0.974. The smallest absolute Gasteiger partial charge is 0.292 e. The van der Waals surface area contributed by atoms with E-state index >= 15 is 0 Å². The van der Waals surface area contributed by atoms with Gasteiger partial charge in [0.2, 0.25) is 5.76 Å². The molecule has 0 radical (unpaired) electrons. The van der Waals surface area contributed by atoms with Gasteiger partial charge < -0.3 is 15.2 Å². The Balaban J connectivity index is 2.24. The van der Waals surface area contributed by atoms with Gasteiger partial charge in [-0.1, -0.05) is 0 Å². The molecule has 44 valence electrons. The van der Waals surface area contributed by atoms with Crippen molar-refractivity contribution in [2.45, 2.75) is 0 Å². The third-order valence-corrected chi connectivity index (χ3v) is 0.699. The van der Waals surface area contributed by atoms with Crippen LogP contribution in [0.25, 0.3) is 0 Å². The van der Waals surface area contributed by atoms with E-state index in [1.165, 1.54) is 6.26 Å². The van der Waals surface area contributed by atoms with Crippen LogP contribution in [0, 0.1) is 0 Å². The summed E-state index contributed by atoms with van der Waals surface area (Å²) >= 11 is 0. The molecule has 0 atom stereocenters. The molecule has 0 aliphatic carbocycles. The number of carbonyl (C=O) groups is 1. The first kappa shape index (κ1) is 5.11. The van der Waals surface area contributed by atoms with E-state index in [0.29, 0.717) is 0 Å². The van der Waals surface area contributed by atoms with Gasteiger partial charge in [0.15, 0.2) is 0 Å². The van der Waals surface area contributed by atoms with Crippen molar-refractivity contribution in [1.29, 1.82) is 0 Å². The van der Waals surface area contributed by atoms with E-state index in [1.807, 2.05) is 0 Å². The highest BCUT2D eigenvalue weighted by Gasteiger charge is 2.18. The topological polar surface area (TPSA) is 61.9 Å². The second-order valence-corrected chi connectivity index (χ2v) is 1.26. The summed E-state index contributed by atoms with van der Waals surface area (Å²) in [5, 5.41) is 10.2. The molecule has 4 nitrogen and oxygen atoms in total. The molecule has 0 saturated heterocycles. The average Bonchev–Trinajstić information content (AvgIpc) is 2.45. The summed E-state index contributed by atoms with van der Waals surface area (Å²) in [4.78, 5) is 10.3. The lowest BCUT2D eigenvalue weighted by molar-refractivity contribution is -0.119. The van der Waals surface area contributed by atoms with Gasteiger partial charge in [0.05, 0.1) is 0 Å². The Bertz CT molecular complexity index is 140. The number of ether oxygens (including phenoxy) is 1. The number of nitrogens with one attached hydrogen (secondary N) is 1. The van der Waals surface area contributed by atoms with Gasteiger partial charge in [0, 0.05) is 0 Å². The average molecular weight is 115 g/mol. The molecule has 0 aromatic rings. The van der Waals surface area contributed by atoms with Gasteiger partial charge in [-0.15, -0.1) is 0 Å². The highest BCUT2D eigenvalue weighted by atomic mass is 16.5. The van der Waals surface area contributed by atoms with Crippen molar-refractivity contribution >= 4 is 5.91 Å². The van der Waals surface area contributed by atoms with Crippen LogP contribution in [-0.4, -0.2) is 17.7 Å². The van der Waals surface area contributed by atoms with Gasteiger partial charge in [-0.05, 0) is 0 Å². The van der Waals surface area contributed by atoms with Crippen molar-refractivity contribution in [3.63, 3.8) is 0 Å². The van der Waals surface area contributed by atoms with Crippen molar-refractivity contribution in [3.8, 4) is 0 Å². The highest BCUT2D eigenvalue weighted by Crippen LogP contribution is 2.11. The molecular formula is C4H5NO3. The molecule has 0 aromatic heterocycles. The first-order chi connectivity index (χ1) is 3.84. The van der Waals surface area contributed by atoms with Crippen LogP contribution in [0.2, 0.25) is 0 Å². The minimum absolute atomic E-state index is 0.277. The predicted molar refractivity (Wildman–Crippen MR) is 24.4 cm³/mol. The van der Waals surface area contributed by atoms with Crippen LogP contribution in [0.5, 0.6) is 0 Å². The van der Waals surface area contributed by atoms with Crippen LogP contribution in [0.15, 0.2) is 12.0 Å². The predicted octanol–water partition coefficient (Wildman–Crippen LogP) is -1.08. The van der Waals surface area contributed by atoms with E-state index in [2.05, 4.69) is 10.1 Å². The minimum Gasteiger partial charge on any atom is -0.452 e. The second-order valence-electron chi connectivity index (χ2n) is 1.26. The number of aliphatic hydroxyl groups excluding tert-OH is 1. The summed E-state index contributed by atoms with van der Waals surface area (Å²) < 4.78 is 4.39. The Morgan fingerprint density at radius 2 is 2.62 bits per heavy atom. The summed E-state index contributed by atoms with van der Waals surface area (Å²) in [7, 11) is 0. The molecule has 1 amide bonds. The molecule has 2 N–H and O–H groups in total. The van der Waals surface area contributed by atoms with E-state index in [-0.39, 0.29) is 18.4 Å². The Morgan fingerprint density at radius 1 is 2.00 bits per heavy atom. The van der Waals surface area contributed by atoms with Gasteiger partial charge >= 0.3 is 0 Å². The number of hydrogen-bond donors (Lipinski definition) is 2. The lowest BCUT2D eigenvalue weighted by Crippen LogP contribution is -2.22. The standard InChI is InChI=1S/C4H5NO3/c6-2-5-4(7)3-1-8-3/h1,6H,2H2,(H,5,7). The first-order valence-electron chi connectivity index (χ1n) is 2.10. The van der Waals surface area contributed by atoms with Gasteiger partial charge in [0.1, 0.15) is 13.0 Å². The van der Waals surface area contributed by atoms with Gasteiger partial charge in [-0.25, -0.2) is 0 Å². The monoisotopic (exact) mass is 115 g/mol. The van der Waals surface area contributed by atoms with Crippen LogP contribution < -0.4 is 5.32 Å². The molecular weight excluding hydrogens is 110 g/mol. The Labute approximate surface area is 45.8 Å². The number of amides is 1.